The maximum atomic E-state index is 5.42. The Kier molecular flexibility index (Phi) is 9.34. The molecule has 0 aliphatic carbocycles. The van der Waals surface area contributed by atoms with E-state index in [2.05, 4.69) is 169 Å². The summed E-state index contributed by atoms with van der Waals surface area (Å²) in [6, 6.07) is 58.8. The SMILES string of the molecule is CCCCc1ccc2c(c1)c1c(ccc3c4cc(CCCC)ccc4n(-c4nc(-c5ccccc5)nc(-c5cccc(-c6ccccc6)c5)n4)c31)n2-c1ccccc1. The quantitative estimate of drug-likeness (QED) is 0.132. The van der Waals surface area contributed by atoms with Gasteiger partial charge in [-0.05, 0) is 96.5 Å². The van der Waals surface area contributed by atoms with Crippen LogP contribution in [0.5, 0.6) is 0 Å². The molecule has 0 amide bonds. The Morgan fingerprint density at radius 2 is 0.966 bits per heavy atom. The first-order valence-corrected chi connectivity index (χ1v) is 20.7. The zero-order valence-electron chi connectivity index (χ0n) is 33.1. The first-order valence-electron chi connectivity index (χ1n) is 20.7. The minimum absolute atomic E-state index is 0.602. The highest BCUT2D eigenvalue weighted by atomic mass is 15.2. The highest BCUT2D eigenvalue weighted by Gasteiger charge is 2.24. The van der Waals surface area contributed by atoms with Crippen LogP contribution in [-0.4, -0.2) is 24.1 Å². The Balaban J connectivity index is 1.32. The van der Waals surface area contributed by atoms with Gasteiger partial charge in [0.2, 0.25) is 5.95 Å². The van der Waals surface area contributed by atoms with E-state index in [-0.39, 0.29) is 0 Å². The molecule has 0 saturated carbocycles. The van der Waals surface area contributed by atoms with Gasteiger partial charge in [0.1, 0.15) is 0 Å². The molecule has 5 nitrogen and oxygen atoms in total. The van der Waals surface area contributed by atoms with Crippen LogP contribution in [0, 0.1) is 0 Å². The number of aromatic nitrogens is 5. The predicted molar refractivity (Wildman–Crippen MR) is 242 cm³/mol. The summed E-state index contributed by atoms with van der Waals surface area (Å²) < 4.78 is 4.74. The predicted octanol–water partition coefficient (Wildman–Crippen LogP) is 13.8. The average Bonchev–Trinajstić information content (AvgIpc) is 3.80. The molecule has 0 unspecified atom stereocenters. The van der Waals surface area contributed by atoms with E-state index in [0.717, 1.165) is 83.0 Å². The van der Waals surface area contributed by atoms with E-state index in [1.807, 2.05) is 18.2 Å². The molecule has 10 rings (SSSR count). The summed E-state index contributed by atoms with van der Waals surface area (Å²) >= 11 is 0. The summed E-state index contributed by atoms with van der Waals surface area (Å²) in [5.41, 5.74) is 12.5. The van der Waals surface area contributed by atoms with E-state index in [1.165, 1.54) is 38.2 Å². The molecule has 0 aliphatic rings. The van der Waals surface area contributed by atoms with E-state index in [0.29, 0.717) is 17.6 Å². The molecule has 0 saturated heterocycles. The molecule has 282 valence electrons. The van der Waals surface area contributed by atoms with Crippen LogP contribution in [0.4, 0.5) is 0 Å². The van der Waals surface area contributed by atoms with Gasteiger partial charge in [-0.2, -0.15) is 9.97 Å². The fraction of sp³-hybridized carbons (Fsp3) is 0.151. The van der Waals surface area contributed by atoms with Crippen molar-refractivity contribution in [3.05, 3.63) is 175 Å². The zero-order chi connectivity index (χ0) is 39.0. The molecule has 0 aliphatic heterocycles. The molecular formula is C53H45N5. The maximum absolute atomic E-state index is 5.42. The van der Waals surface area contributed by atoms with Crippen LogP contribution in [0.3, 0.4) is 0 Å². The van der Waals surface area contributed by atoms with Crippen LogP contribution in [-0.2, 0) is 12.8 Å². The van der Waals surface area contributed by atoms with Crippen LogP contribution >= 0.6 is 0 Å². The van der Waals surface area contributed by atoms with E-state index < -0.39 is 0 Å². The lowest BCUT2D eigenvalue weighted by Gasteiger charge is -2.12. The van der Waals surface area contributed by atoms with Gasteiger partial charge >= 0.3 is 0 Å². The largest absolute Gasteiger partial charge is 0.309 e. The zero-order valence-corrected chi connectivity index (χ0v) is 33.1. The number of hydrogen-bond acceptors (Lipinski definition) is 3. The molecule has 0 spiro atoms. The summed E-state index contributed by atoms with van der Waals surface area (Å²) in [6.07, 6.45) is 6.70. The molecule has 0 radical (unpaired) electrons. The highest BCUT2D eigenvalue weighted by Crippen LogP contribution is 2.43. The van der Waals surface area contributed by atoms with Crippen LogP contribution < -0.4 is 0 Å². The minimum Gasteiger partial charge on any atom is -0.309 e. The third-order valence-electron chi connectivity index (χ3n) is 11.5. The third-order valence-corrected chi connectivity index (χ3v) is 11.5. The molecule has 58 heavy (non-hydrogen) atoms. The summed E-state index contributed by atoms with van der Waals surface area (Å²) in [7, 11) is 0. The smallest absolute Gasteiger partial charge is 0.238 e. The van der Waals surface area contributed by atoms with Crippen molar-refractivity contribution in [3.8, 4) is 45.5 Å². The van der Waals surface area contributed by atoms with Crippen molar-refractivity contribution in [1.29, 1.82) is 0 Å². The number of benzene rings is 7. The van der Waals surface area contributed by atoms with Gasteiger partial charge < -0.3 is 4.57 Å². The minimum atomic E-state index is 0.602. The number of rotatable bonds is 11. The van der Waals surface area contributed by atoms with Gasteiger partial charge in [-0.25, -0.2) is 4.98 Å². The lowest BCUT2D eigenvalue weighted by molar-refractivity contribution is 0.796. The Bertz CT molecular complexity index is 3070. The molecule has 3 heterocycles. The molecular weight excluding hydrogens is 707 g/mol. The van der Waals surface area contributed by atoms with Crippen molar-refractivity contribution >= 4 is 43.6 Å². The van der Waals surface area contributed by atoms with E-state index in [4.69, 9.17) is 15.0 Å². The molecule has 0 bridgehead atoms. The number of para-hydroxylation sites is 1. The molecule has 5 heteroatoms. The highest BCUT2D eigenvalue weighted by molar-refractivity contribution is 6.26. The number of aryl methyl sites for hydroxylation is 2. The van der Waals surface area contributed by atoms with Crippen LogP contribution in [0.15, 0.2) is 164 Å². The van der Waals surface area contributed by atoms with Gasteiger partial charge in [0.25, 0.3) is 0 Å². The first-order chi connectivity index (χ1) is 28.7. The second-order valence-electron chi connectivity index (χ2n) is 15.4. The van der Waals surface area contributed by atoms with Gasteiger partial charge in [0.05, 0.1) is 22.1 Å². The lowest BCUT2D eigenvalue weighted by Crippen LogP contribution is -2.06. The standard InChI is InChI=1S/C53H45N5/c1-3-5-17-36-27-30-46-44(33-36)43-29-32-48-49(45-34-37(18-6-4-2)28-31-47(45)57(48)42-25-14-9-15-26-42)50(43)58(46)53-55-51(39-21-12-8-13-22-39)54-52(56-53)41-24-16-23-40(35-41)38-19-10-7-11-20-38/h7-16,19-35H,3-6,17-18H2,1-2H3. The second kappa shape index (κ2) is 15.2. The van der Waals surface area contributed by atoms with Crippen molar-refractivity contribution in [1.82, 2.24) is 24.1 Å². The van der Waals surface area contributed by atoms with E-state index in [1.54, 1.807) is 0 Å². The summed E-state index contributed by atoms with van der Waals surface area (Å²) in [5, 5.41) is 4.85. The maximum Gasteiger partial charge on any atom is 0.238 e. The monoisotopic (exact) mass is 751 g/mol. The van der Waals surface area contributed by atoms with Gasteiger partial charge in [0.15, 0.2) is 11.6 Å². The normalized spacial score (nSPS) is 11.7. The Labute approximate surface area is 339 Å². The van der Waals surface area contributed by atoms with Crippen LogP contribution in [0.2, 0.25) is 0 Å². The number of hydrogen-bond donors (Lipinski definition) is 0. The molecule has 0 atom stereocenters. The van der Waals surface area contributed by atoms with Crippen molar-refractivity contribution in [3.63, 3.8) is 0 Å². The Morgan fingerprint density at radius 1 is 0.414 bits per heavy atom. The third kappa shape index (κ3) is 6.33. The lowest BCUT2D eigenvalue weighted by atomic mass is 10.0. The fourth-order valence-electron chi connectivity index (χ4n) is 8.62. The topological polar surface area (TPSA) is 48.5 Å². The van der Waals surface area contributed by atoms with Crippen molar-refractivity contribution < 1.29 is 0 Å². The van der Waals surface area contributed by atoms with E-state index >= 15 is 0 Å². The van der Waals surface area contributed by atoms with Crippen molar-refractivity contribution in [2.24, 2.45) is 0 Å². The fourth-order valence-corrected chi connectivity index (χ4v) is 8.62. The molecule has 0 N–H and O–H groups in total. The first kappa shape index (κ1) is 35.6. The summed E-state index contributed by atoms with van der Waals surface area (Å²) in [5.74, 6) is 1.88. The second-order valence-corrected chi connectivity index (χ2v) is 15.4. The number of fused-ring (bicyclic) bond motifs is 7. The molecule has 0 fully saturated rings. The molecule has 10 aromatic rings. The van der Waals surface area contributed by atoms with Gasteiger partial charge in [-0.15, -0.1) is 0 Å². The average molecular weight is 752 g/mol. The number of unbranched alkanes of at least 4 members (excludes halogenated alkanes) is 2. The number of nitrogens with zero attached hydrogens (tertiary/aromatic N) is 5. The molecule has 7 aromatic carbocycles. The van der Waals surface area contributed by atoms with Gasteiger partial charge in [-0.1, -0.05) is 142 Å². The van der Waals surface area contributed by atoms with Gasteiger partial charge in [-0.3, -0.25) is 4.57 Å². The van der Waals surface area contributed by atoms with Crippen molar-refractivity contribution in [2.45, 2.75) is 52.4 Å². The van der Waals surface area contributed by atoms with E-state index in [9.17, 15) is 0 Å². The molecule has 3 aromatic heterocycles. The van der Waals surface area contributed by atoms with Crippen LogP contribution in [0.25, 0.3) is 89.2 Å². The Morgan fingerprint density at radius 3 is 1.64 bits per heavy atom. The van der Waals surface area contributed by atoms with Gasteiger partial charge in [0, 0.05) is 38.4 Å². The summed E-state index contributed by atoms with van der Waals surface area (Å²) in [6.45, 7) is 4.53. The van der Waals surface area contributed by atoms with Crippen molar-refractivity contribution in [2.75, 3.05) is 0 Å². The Hall–Kier alpha value is -6.85. The van der Waals surface area contributed by atoms with Crippen LogP contribution in [0.1, 0.15) is 50.7 Å². The summed E-state index contributed by atoms with van der Waals surface area (Å²) in [4.78, 5) is 16.0.